The van der Waals surface area contributed by atoms with Gasteiger partial charge in [0.2, 0.25) is 0 Å². The largest absolute Gasteiger partial charge is 0.497 e. The quantitative estimate of drug-likeness (QED) is 0.433. The third-order valence-corrected chi connectivity index (χ3v) is 5.15. The van der Waals surface area contributed by atoms with Gasteiger partial charge in [-0.15, -0.1) is 0 Å². The minimum Gasteiger partial charge on any atom is -0.497 e. The normalized spacial score (nSPS) is 12.4. The summed E-state index contributed by atoms with van der Waals surface area (Å²) in [5.41, 5.74) is 0.194. The molecule has 2 aromatic heterocycles. The molecule has 1 unspecified atom stereocenters. The summed E-state index contributed by atoms with van der Waals surface area (Å²) >= 11 is 0. The Labute approximate surface area is 187 Å². The van der Waals surface area contributed by atoms with Crippen molar-refractivity contribution in [2.45, 2.75) is 12.2 Å². The van der Waals surface area contributed by atoms with Crippen LogP contribution in [0.2, 0.25) is 0 Å². The zero-order valence-electron chi connectivity index (χ0n) is 17.8. The van der Waals surface area contributed by atoms with Gasteiger partial charge in [0.05, 0.1) is 12.7 Å². The van der Waals surface area contributed by atoms with Gasteiger partial charge >= 0.3 is 6.18 Å². The molecule has 170 valence electrons. The van der Waals surface area contributed by atoms with Crippen molar-refractivity contribution in [3.8, 4) is 17.1 Å². The summed E-state index contributed by atoms with van der Waals surface area (Å²) in [6.45, 7) is 0. The van der Waals surface area contributed by atoms with Gasteiger partial charge in [-0.1, -0.05) is 24.3 Å². The highest BCUT2D eigenvalue weighted by Crippen LogP contribution is 2.33. The first-order valence-corrected chi connectivity index (χ1v) is 9.96. The number of ether oxygens (including phenoxy) is 1. The van der Waals surface area contributed by atoms with Crippen molar-refractivity contribution in [2.75, 3.05) is 7.11 Å². The van der Waals surface area contributed by atoms with Crippen LogP contribution in [0.15, 0.2) is 77.5 Å². The number of aryl methyl sites for hydroxylation is 1. The molecule has 6 nitrogen and oxygen atoms in total. The smallest absolute Gasteiger partial charge is 0.416 e. The minimum absolute atomic E-state index is 0.0323. The maximum Gasteiger partial charge on any atom is 0.416 e. The number of nitrogens with one attached hydrogen (secondary N) is 1. The molecule has 1 atom stereocenters. The first-order valence-electron chi connectivity index (χ1n) is 9.96. The first kappa shape index (κ1) is 22.2. The van der Waals surface area contributed by atoms with Gasteiger partial charge in [-0.3, -0.25) is 4.79 Å². The average molecular weight is 455 g/mol. The van der Waals surface area contributed by atoms with E-state index in [-0.39, 0.29) is 17.1 Å². The second-order valence-electron chi connectivity index (χ2n) is 7.32. The number of carbonyl (C=O) groups excluding carboxylic acids is 1. The fourth-order valence-corrected chi connectivity index (χ4v) is 3.41. The molecule has 2 heterocycles. The number of nitrogens with zero attached hydrogens (tertiary/aromatic N) is 2. The second kappa shape index (κ2) is 8.85. The maximum absolute atomic E-state index is 13.0. The van der Waals surface area contributed by atoms with Crippen molar-refractivity contribution in [3.63, 3.8) is 0 Å². The van der Waals surface area contributed by atoms with Gasteiger partial charge in [-0.25, -0.2) is 4.98 Å². The van der Waals surface area contributed by atoms with E-state index in [4.69, 9.17) is 9.15 Å². The van der Waals surface area contributed by atoms with E-state index in [0.717, 1.165) is 17.7 Å². The summed E-state index contributed by atoms with van der Waals surface area (Å²) in [7, 11) is 3.37. The van der Waals surface area contributed by atoms with Crippen LogP contribution in [0.4, 0.5) is 13.2 Å². The molecule has 0 radical (unpaired) electrons. The molecule has 0 saturated carbocycles. The van der Waals surface area contributed by atoms with Gasteiger partial charge in [0.25, 0.3) is 5.91 Å². The highest BCUT2D eigenvalue weighted by Gasteiger charge is 2.31. The number of hydrogen-bond donors (Lipinski definition) is 1. The minimum atomic E-state index is -4.48. The van der Waals surface area contributed by atoms with Crippen molar-refractivity contribution in [2.24, 2.45) is 7.05 Å². The third-order valence-electron chi connectivity index (χ3n) is 5.15. The van der Waals surface area contributed by atoms with E-state index in [2.05, 4.69) is 10.3 Å². The molecule has 0 saturated heterocycles. The molecule has 4 rings (SSSR count). The SMILES string of the molecule is COc1ccc(C(NC(=O)c2ccc(-c3cccc(C(F)(F)F)c3)o2)c2nccn2C)cc1. The topological polar surface area (TPSA) is 69.3 Å². The molecule has 0 bridgehead atoms. The van der Waals surface area contributed by atoms with Crippen LogP contribution in [0, 0.1) is 0 Å². The molecular weight excluding hydrogens is 435 g/mol. The van der Waals surface area contributed by atoms with Crippen LogP contribution in [-0.2, 0) is 13.2 Å². The average Bonchev–Trinajstić information content (AvgIpc) is 3.47. The lowest BCUT2D eigenvalue weighted by atomic mass is 10.1. The summed E-state index contributed by atoms with van der Waals surface area (Å²) in [4.78, 5) is 17.3. The van der Waals surface area contributed by atoms with E-state index in [1.807, 2.05) is 19.2 Å². The van der Waals surface area contributed by atoms with Crippen LogP contribution in [0.5, 0.6) is 5.75 Å². The lowest BCUT2D eigenvalue weighted by Crippen LogP contribution is -2.30. The van der Waals surface area contributed by atoms with Crippen LogP contribution in [0.1, 0.15) is 33.5 Å². The Bertz CT molecular complexity index is 1260. The summed E-state index contributed by atoms with van der Waals surface area (Å²) in [6, 6.07) is 14.2. The molecular formula is C24H20F3N3O3. The highest BCUT2D eigenvalue weighted by atomic mass is 19.4. The van der Waals surface area contributed by atoms with Crippen molar-refractivity contribution in [3.05, 3.63) is 95.8 Å². The molecule has 0 aliphatic heterocycles. The molecule has 1 N–H and O–H groups in total. The van der Waals surface area contributed by atoms with E-state index < -0.39 is 23.7 Å². The predicted octanol–water partition coefficient (Wildman–Crippen LogP) is 5.23. The predicted molar refractivity (Wildman–Crippen MR) is 115 cm³/mol. The number of benzene rings is 2. The molecule has 1 amide bonds. The van der Waals surface area contributed by atoms with Crippen LogP contribution in [0.25, 0.3) is 11.3 Å². The number of carbonyl (C=O) groups is 1. The van der Waals surface area contributed by atoms with Gasteiger partial charge in [0.15, 0.2) is 5.76 Å². The highest BCUT2D eigenvalue weighted by molar-refractivity contribution is 5.92. The number of hydrogen-bond acceptors (Lipinski definition) is 4. The Kier molecular flexibility index (Phi) is 5.95. The number of halogens is 3. The zero-order chi connectivity index (χ0) is 23.6. The van der Waals surface area contributed by atoms with Crippen LogP contribution in [-0.4, -0.2) is 22.6 Å². The van der Waals surface area contributed by atoms with Crippen LogP contribution < -0.4 is 10.1 Å². The molecule has 0 aliphatic carbocycles. The molecule has 33 heavy (non-hydrogen) atoms. The number of furan rings is 1. The van der Waals surface area contributed by atoms with Gasteiger partial charge < -0.3 is 19.0 Å². The lowest BCUT2D eigenvalue weighted by Gasteiger charge is -2.19. The zero-order valence-corrected chi connectivity index (χ0v) is 17.8. The van der Waals surface area contributed by atoms with Crippen molar-refractivity contribution in [1.29, 1.82) is 0 Å². The number of rotatable bonds is 6. The summed E-state index contributed by atoms with van der Waals surface area (Å²) in [6.07, 6.45) is -1.09. The fraction of sp³-hybridized carbons (Fsp3) is 0.167. The van der Waals surface area contributed by atoms with Crippen LogP contribution in [0.3, 0.4) is 0 Å². The molecule has 4 aromatic rings. The van der Waals surface area contributed by atoms with Gasteiger partial charge in [0.1, 0.15) is 23.4 Å². The number of aromatic nitrogens is 2. The second-order valence-corrected chi connectivity index (χ2v) is 7.32. The van der Waals surface area contributed by atoms with E-state index >= 15 is 0 Å². The number of methoxy groups -OCH3 is 1. The first-order chi connectivity index (χ1) is 15.8. The number of amides is 1. The maximum atomic E-state index is 13.0. The van der Waals surface area contributed by atoms with Gasteiger partial charge in [-0.05, 0) is 42.0 Å². The Morgan fingerprint density at radius 2 is 1.88 bits per heavy atom. The standard InChI is InChI=1S/C24H20F3N3O3/c1-30-13-12-28-22(30)21(15-6-8-18(32-2)9-7-15)29-23(31)20-11-10-19(33-20)16-4-3-5-17(14-16)24(25,26)27/h3-14,21H,1-2H3,(H,29,31). The van der Waals surface area contributed by atoms with E-state index in [9.17, 15) is 18.0 Å². The summed E-state index contributed by atoms with van der Waals surface area (Å²) in [5, 5.41) is 2.89. The van der Waals surface area contributed by atoms with E-state index in [0.29, 0.717) is 11.6 Å². The Morgan fingerprint density at radius 1 is 1.12 bits per heavy atom. The molecule has 0 fully saturated rings. The molecule has 0 spiro atoms. The molecule has 2 aromatic carbocycles. The third kappa shape index (κ3) is 4.77. The Morgan fingerprint density at radius 3 is 2.52 bits per heavy atom. The van der Waals surface area contributed by atoms with Crippen molar-refractivity contribution >= 4 is 5.91 Å². The van der Waals surface area contributed by atoms with Crippen molar-refractivity contribution < 1.29 is 27.1 Å². The lowest BCUT2D eigenvalue weighted by molar-refractivity contribution is -0.137. The molecule has 9 heteroatoms. The Hall–Kier alpha value is -4.01. The van der Waals surface area contributed by atoms with Crippen LogP contribution >= 0.6 is 0 Å². The number of imidazole rings is 1. The Balaban J connectivity index is 1.60. The van der Waals surface area contributed by atoms with E-state index in [1.54, 1.807) is 36.2 Å². The van der Waals surface area contributed by atoms with Crippen molar-refractivity contribution in [1.82, 2.24) is 14.9 Å². The summed E-state index contributed by atoms with van der Waals surface area (Å²) < 4.78 is 51.6. The van der Waals surface area contributed by atoms with Gasteiger partial charge in [-0.2, -0.15) is 13.2 Å². The number of alkyl halides is 3. The summed E-state index contributed by atoms with van der Waals surface area (Å²) in [5.74, 6) is 0.857. The van der Waals surface area contributed by atoms with Gasteiger partial charge in [0, 0.05) is 25.0 Å². The monoisotopic (exact) mass is 455 g/mol. The fourth-order valence-electron chi connectivity index (χ4n) is 3.41. The molecule has 0 aliphatic rings. The van der Waals surface area contributed by atoms with E-state index in [1.165, 1.54) is 24.3 Å².